The van der Waals surface area contributed by atoms with E-state index in [2.05, 4.69) is 20.4 Å². The van der Waals surface area contributed by atoms with Crippen molar-refractivity contribution in [2.75, 3.05) is 0 Å². The number of nitrogens with zero attached hydrogens (tertiary/aromatic N) is 4. The van der Waals surface area contributed by atoms with Gasteiger partial charge in [-0.05, 0) is 85.6 Å². The average molecular weight is 487 g/mol. The van der Waals surface area contributed by atoms with Gasteiger partial charge in [-0.15, -0.1) is 20.4 Å². The van der Waals surface area contributed by atoms with E-state index in [-0.39, 0.29) is 0 Å². The minimum atomic E-state index is 0.457. The van der Waals surface area contributed by atoms with Gasteiger partial charge in [-0.3, -0.25) is 0 Å². The van der Waals surface area contributed by atoms with Crippen molar-refractivity contribution in [2.45, 2.75) is 13.8 Å². The van der Waals surface area contributed by atoms with Gasteiger partial charge in [0.2, 0.25) is 23.6 Å². The van der Waals surface area contributed by atoms with Gasteiger partial charge in [0.1, 0.15) is 11.5 Å². The molecule has 0 aliphatic carbocycles. The van der Waals surface area contributed by atoms with Crippen molar-refractivity contribution in [3.63, 3.8) is 0 Å². The quantitative estimate of drug-likeness (QED) is 0.240. The summed E-state index contributed by atoms with van der Waals surface area (Å²) in [6.07, 6.45) is 0. The fourth-order valence-corrected chi connectivity index (χ4v) is 3.99. The number of aryl methyl sites for hydroxylation is 2. The Bertz CT molecular complexity index is 1540. The summed E-state index contributed by atoms with van der Waals surface area (Å²) in [5, 5.41) is 16.8. The average Bonchev–Trinajstić information content (AvgIpc) is 3.61. The Kier molecular flexibility index (Phi) is 5.78. The third-order valence-electron chi connectivity index (χ3n) is 6.04. The number of hydrogen-bond donors (Lipinski definition) is 0. The Morgan fingerprint density at radius 1 is 0.459 bits per heavy atom. The zero-order valence-corrected chi connectivity index (χ0v) is 20.3. The molecule has 0 N–H and O–H groups in total. The molecule has 0 spiro atoms. The molecule has 0 saturated carbocycles. The van der Waals surface area contributed by atoms with Crippen molar-refractivity contribution in [3.8, 4) is 57.3 Å². The van der Waals surface area contributed by atoms with E-state index in [1.54, 1.807) is 0 Å². The van der Waals surface area contributed by atoms with E-state index < -0.39 is 0 Å². The first-order valence-corrected chi connectivity index (χ1v) is 11.8. The van der Waals surface area contributed by atoms with E-state index in [1.807, 2.05) is 111 Å². The number of rotatable bonds is 6. The van der Waals surface area contributed by atoms with Crippen LogP contribution >= 0.6 is 0 Å². The Hall–Kier alpha value is -5.04. The normalized spacial score (nSPS) is 11.0. The summed E-state index contributed by atoms with van der Waals surface area (Å²) in [5.41, 5.74) is 5.65. The SMILES string of the molecule is Cc1ccccc1-c1nnc(-c2ccc(Oc3ccc(-c4nnc(-c5ccccc5C)o4)cc3)cc2)o1. The molecule has 0 saturated heterocycles. The molecule has 0 aliphatic heterocycles. The molecule has 6 rings (SSSR count). The van der Waals surface area contributed by atoms with Crippen molar-refractivity contribution in [1.82, 2.24) is 20.4 Å². The highest BCUT2D eigenvalue weighted by molar-refractivity contribution is 5.62. The summed E-state index contributed by atoms with van der Waals surface area (Å²) in [4.78, 5) is 0. The van der Waals surface area contributed by atoms with Gasteiger partial charge in [0.25, 0.3) is 0 Å². The summed E-state index contributed by atoms with van der Waals surface area (Å²) < 4.78 is 17.8. The lowest BCUT2D eigenvalue weighted by Gasteiger charge is -2.06. The second-order valence-electron chi connectivity index (χ2n) is 8.61. The molecular weight excluding hydrogens is 464 g/mol. The standard InChI is InChI=1S/C30H22N4O3/c1-19-7-3-5-9-25(19)29-33-31-27(36-29)21-11-15-23(16-12-21)35-24-17-13-22(14-18-24)28-32-34-30(37-28)26-10-6-4-8-20(26)2/h3-18H,1-2H3. The highest BCUT2D eigenvalue weighted by atomic mass is 16.5. The van der Waals surface area contributed by atoms with Crippen molar-refractivity contribution in [2.24, 2.45) is 0 Å². The minimum Gasteiger partial charge on any atom is -0.457 e. The molecule has 6 aromatic rings. The Morgan fingerprint density at radius 2 is 0.838 bits per heavy atom. The van der Waals surface area contributed by atoms with Crippen LogP contribution in [0.1, 0.15) is 11.1 Å². The Labute approximate surface area is 213 Å². The van der Waals surface area contributed by atoms with E-state index in [4.69, 9.17) is 13.6 Å². The van der Waals surface area contributed by atoms with Crippen LogP contribution in [0.4, 0.5) is 0 Å². The number of benzene rings is 4. The highest BCUT2D eigenvalue weighted by Gasteiger charge is 2.14. The third-order valence-corrected chi connectivity index (χ3v) is 6.04. The lowest BCUT2D eigenvalue weighted by molar-refractivity contribution is 0.482. The molecule has 0 radical (unpaired) electrons. The van der Waals surface area contributed by atoms with Gasteiger partial charge in [0.05, 0.1) is 0 Å². The zero-order chi connectivity index (χ0) is 25.2. The zero-order valence-electron chi connectivity index (χ0n) is 20.3. The minimum absolute atomic E-state index is 0.457. The van der Waals surface area contributed by atoms with Crippen LogP contribution in [0.3, 0.4) is 0 Å². The summed E-state index contributed by atoms with van der Waals surface area (Å²) >= 11 is 0. The highest BCUT2D eigenvalue weighted by Crippen LogP contribution is 2.30. The molecule has 2 heterocycles. The van der Waals surface area contributed by atoms with E-state index in [1.165, 1.54) is 0 Å². The maximum Gasteiger partial charge on any atom is 0.248 e. The first-order valence-electron chi connectivity index (χ1n) is 11.8. The summed E-state index contributed by atoms with van der Waals surface area (Å²) in [5.74, 6) is 3.30. The molecule has 7 heteroatoms. The predicted molar refractivity (Wildman–Crippen MR) is 140 cm³/mol. The molecule has 180 valence electrons. The second-order valence-corrected chi connectivity index (χ2v) is 8.61. The van der Waals surface area contributed by atoms with Gasteiger partial charge in [-0.25, -0.2) is 0 Å². The van der Waals surface area contributed by atoms with Gasteiger partial charge in [0, 0.05) is 22.3 Å². The molecule has 2 aromatic heterocycles. The Morgan fingerprint density at radius 3 is 1.24 bits per heavy atom. The lowest BCUT2D eigenvalue weighted by Crippen LogP contribution is -1.85. The molecule has 37 heavy (non-hydrogen) atoms. The van der Waals surface area contributed by atoms with Crippen LogP contribution in [-0.2, 0) is 0 Å². The topological polar surface area (TPSA) is 87.1 Å². The molecule has 0 amide bonds. The molecule has 0 fully saturated rings. The van der Waals surface area contributed by atoms with E-state index in [0.717, 1.165) is 33.4 Å². The van der Waals surface area contributed by atoms with Crippen molar-refractivity contribution in [1.29, 1.82) is 0 Å². The molecular formula is C30H22N4O3. The van der Waals surface area contributed by atoms with Gasteiger partial charge in [-0.1, -0.05) is 36.4 Å². The maximum atomic E-state index is 6.01. The fourth-order valence-electron chi connectivity index (χ4n) is 3.99. The van der Waals surface area contributed by atoms with Gasteiger partial charge in [-0.2, -0.15) is 0 Å². The summed E-state index contributed by atoms with van der Waals surface area (Å²) in [7, 11) is 0. The number of aromatic nitrogens is 4. The van der Waals surface area contributed by atoms with Gasteiger partial charge >= 0.3 is 0 Å². The summed E-state index contributed by atoms with van der Waals surface area (Å²) in [6, 6.07) is 30.9. The van der Waals surface area contributed by atoms with E-state index >= 15 is 0 Å². The van der Waals surface area contributed by atoms with Crippen LogP contribution in [0, 0.1) is 13.8 Å². The molecule has 0 aliphatic rings. The van der Waals surface area contributed by atoms with Gasteiger partial charge in [0.15, 0.2) is 0 Å². The van der Waals surface area contributed by atoms with Crippen molar-refractivity contribution >= 4 is 0 Å². The largest absolute Gasteiger partial charge is 0.457 e. The number of ether oxygens (including phenoxy) is 1. The van der Waals surface area contributed by atoms with Crippen LogP contribution < -0.4 is 4.74 Å². The Balaban J connectivity index is 1.14. The molecule has 4 aromatic carbocycles. The van der Waals surface area contributed by atoms with Gasteiger partial charge < -0.3 is 13.6 Å². The molecule has 7 nitrogen and oxygen atoms in total. The van der Waals surface area contributed by atoms with E-state index in [9.17, 15) is 0 Å². The molecule has 0 bridgehead atoms. The van der Waals surface area contributed by atoms with Crippen molar-refractivity contribution < 1.29 is 13.6 Å². The smallest absolute Gasteiger partial charge is 0.248 e. The second kappa shape index (κ2) is 9.54. The van der Waals surface area contributed by atoms with E-state index in [0.29, 0.717) is 35.1 Å². The lowest BCUT2D eigenvalue weighted by atomic mass is 10.1. The first-order chi connectivity index (χ1) is 18.1. The van der Waals surface area contributed by atoms with Crippen LogP contribution in [-0.4, -0.2) is 20.4 Å². The molecule has 0 atom stereocenters. The fraction of sp³-hybridized carbons (Fsp3) is 0.0667. The monoisotopic (exact) mass is 486 g/mol. The molecule has 0 unspecified atom stereocenters. The number of hydrogen-bond acceptors (Lipinski definition) is 7. The van der Waals surface area contributed by atoms with Crippen LogP contribution in [0.15, 0.2) is 106 Å². The van der Waals surface area contributed by atoms with Crippen LogP contribution in [0.2, 0.25) is 0 Å². The van der Waals surface area contributed by atoms with Crippen molar-refractivity contribution in [3.05, 3.63) is 108 Å². The first kappa shape index (κ1) is 22.4. The van der Waals surface area contributed by atoms with Crippen LogP contribution in [0.25, 0.3) is 45.8 Å². The predicted octanol–water partition coefficient (Wildman–Crippen LogP) is 7.53. The maximum absolute atomic E-state index is 6.01. The van der Waals surface area contributed by atoms with Crippen LogP contribution in [0.5, 0.6) is 11.5 Å². The third kappa shape index (κ3) is 4.62. The summed E-state index contributed by atoms with van der Waals surface area (Å²) in [6.45, 7) is 4.03.